The number of allylic oxidation sites excluding steroid dienone is 1. The highest BCUT2D eigenvalue weighted by Gasteiger charge is 2.65. The van der Waals surface area contributed by atoms with Crippen molar-refractivity contribution in [2.24, 2.45) is 29.6 Å². The van der Waals surface area contributed by atoms with Gasteiger partial charge in [-0.15, -0.1) is 0 Å². The number of esters is 2. The molecular weight excluding hydrogens is 624 g/mol. The average molecular weight is 679 g/mol. The maximum absolute atomic E-state index is 13.8. The van der Waals surface area contributed by atoms with Crippen LogP contribution in [0.3, 0.4) is 0 Å². The summed E-state index contributed by atoms with van der Waals surface area (Å²) in [6.45, 7) is 10.8. The van der Waals surface area contributed by atoms with Gasteiger partial charge in [-0.25, -0.2) is 4.79 Å². The zero-order valence-electron chi connectivity index (χ0n) is 29.2. The van der Waals surface area contributed by atoms with Gasteiger partial charge in [-0.2, -0.15) is 0 Å². The van der Waals surface area contributed by atoms with Crippen molar-refractivity contribution in [1.29, 1.82) is 0 Å². The van der Waals surface area contributed by atoms with E-state index < -0.39 is 89.4 Å². The number of methoxy groups -OCH3 is 1. The largest absolute Gasteiger partial charge is 0.466 e. The Morgan fingerprint density at radius 2 is 1.62 bits per heavy atom. The Labute approximate surface area is 282 Å². The van der Waals surface area contributed by atoms with Gasteiger partial charge in [0.1, 0.15) is 23.7 Å². The Bertz CT molecular complexity index is 1310. The monoisotopic (exact) mass is 678 g/mol. The molecule has 4 N–H and O–H groups in total. The fourth-order valence-corrected chi connectivity index (χ4v) is 8.60. The van der Waals surface area contributed by atoms with E-state index in [0.29, 0.717) is 18.4 Å². The summed E-state index contributed by atoms with van der Waals surface area (Å²) >= 11 is 0. The molecule has 0 aromatic carbocycles. The molecule has 4 saturated heterocycles. The van der Waals surface area contributed by atoms with Crippen LogP contribution in [0.1, 0.15) is 92.9 Å². The van der Waals surface area contributed by atoms with Gasteiger partial charge in [0.05, 0.1) is 43.2 Å². The van der Waals surface area contributed by atoms with Crippen LogP contribution in [-0.4, -0.2) is 99.1 Å². The molecule has 12 heteroatoms. The van der Waals surface area contributed by atoms with Gasteiger partial charge in [0.2, 0.25) is 0 Å². The fraction of sp³-hybridized carbons (Fsp3) is 0.806. The minimum atomic E-state index is -2.11. The molecule has 0 radical (unpaired) electrons. The maximum atomic E-state index is 13.8. The van der Waals surface area contributed by atoms with Gasteiger partial charge in [0, 0.05) is 43.1 Å². The number of rotatable bonds is 2. The Kier molecular flexibility index (Phi) is 10.7. The molecule has 5 rings (SSSR count). The molecule has 12 nitrogen and oxygen atoms in total. The lowest BCUT2D eigenvalue weighted by atomic mass is 9.58. The number of ether oxygens (including phenoxy) is 5. The van der Waals surface area contributed by atoms with Crippen LogP contribution in [0.2, 0.25) is 0 Å². The number of Topliss-reactive ketones (excluding diaryl/α,β-unsaturated/α-hetero) is 1. The Balaban J connectivity index is 1.59. The van der Waals surface area contributed by atoms with Crippen molar-refractivity contribution in [3.63, 3.8) is 0 Å². The molecule has 270 valence electrons. The second-order valence-corrected chi connectivity index (χ2v) is 15.4. The SMILES string of the molecule is COC(=O)C=C1CC2OC(O)(C1)C(C)C(=O)OC1CC(C=C(C)C)OC(CC3(O)OC(CCC2O)C(C)C2(O)CCC(C)C(=O)C32)C1C. The van der Waals surface area contributed by atoms with Crippen molar-refractivity contribution >= 4 is 17.7 Å². The summed E-state index contributed by atoms with van der Waals surface area (Å²) in [5.74, 6) is -9.72. The summed E-state index contributed by atoms with van der Waals surface area (Å²) in [5, 5.41) is 48.0. The Hall–Kier alpha value is -2.19. The molecule has 0 aromatic heterocycles. The predicted octanol–water partition coefficient (Wildman–Crippen LogP) is 2.88. The minimum absolute atomic E-state index is 0.0717. The van der Waals surface area contributed by atoms with E-state index in [4.69, 9.17) is 23.7 Å². The second-order valence-electron chi connectivity index (χ2n) is 15.4. The number of carbonyl (C=O) groups excluding carboxylic acids is 3. The van der Waals surface area contributed by atoms with E-state index in [1.807, 2.05) is 26.8 Å². The van der Waals surface area contributed by atoms with E-state index in [1.54, 1.807) is 13.8 Å². The van der Waals surface area contributed by atoms with Crippen molar-refractivity contribution in [3.8, 4) is 0 Å². The van der Waals surface area contributed by atoms with Crippen LogP contribution in [0.15, 0.2) is 23.3 Å². The summed E-state index contributed by atoms with van der Waals surface area (Å²) in [6, 6.07) is 0. The molecule has 0 aromatic rings. The molecule has 14 unspecified atom stereocenters. The van der Waals surface area contributed by atoms with E-state index >= 15 is 0 Å². The van der Waals surface area contributed by atoms with Gasteiger partial charge in [0.15, 0.2) is 11.6 Å². The van der Waals surface area contributed by atoms with Crippen LogP contribution in [0.5, 0.6) is 0 Å². The summed E-state index contributed by atoms with van der Waals surface area (Å²) < 4.78 is 30.0. The second kappa shape index (κ2) is 13.8. The summed E-state index contributed by atoms with van der Waals surface area (Å²) in [5.41, 5.74) is -0.165. The number of fused-ring (bicyclic) bond motifs is 8. The van der Waals surface area contributed by atoms with Gasteiger partial charge in [-0.05, 0) is 52.9 Å². The van der Waals surface area contributed by atoms with Crippen LogP contribution in [0, 0.1) is 29.6 Å². The fourth-order valence-electron chi connectivity index (χ4n) is 8.60. The molecular formula is C36H54O12. The molecule has 4 heterocycles. The molecule has 0 spiro atoms. The zero-order chi connectivity index (χ0) is 35.3. The number of carbonyl (C=O) groups is 3. The van der Waals surface area contributed by atoms with E-state index in [2.05, 4.69) is 0 Å². The molecule has 0 amide bonds. The number of hydrogen-bond donors (Lipinski definition) is 4. The van der Waals surface area contributed by atoms with Gasteiger partial charge in [-0.3, -0.25) is 9.59 Å². The molecule has 6 bridgehead atoms. The Morgan fingerprint density at radius 1 is 0.938 bits per heavy atom. The third kappa shape index (κ3) is 7.04. The first-order valence-corrected chi connectivity index (χ1v) is 17.4. The highest BCUT2D eigenvalue weighted by Crippen LogP contribution is 2.54. The Morgan fingerprint density at radius 3 is 2.29 bits per heavy atom. The molecule has 5 fully saturated rings. The first-order valence-electron chi connectivity index (χ1n) is 17.4. The van der Waals surface area contributed by atoms with Crippen molar-refractivity contribution in [3.05, 3.63) is 23.3 Å². The van der Waals surface area contributed by atoms with E-state index in [1.165, 1.54) is 20.1 Å². The molecule has 1 aliphatic carbocycles. The first kappa shape index (κ1) is 37.1. The predicted molar refractivity (Wildman–Crippen MR) is 171 cm³/mol. The quantitative estimate of drug-likeness (QED) is 0.191. The average Bonchev–Trinajstić information content (AvgIpc) is 3.01. The van der Waals surface area contributed by atoms with Crippen LogP contribution in [0.4, 0.5) is 0 Å². The van der Waals surface area contributed by atoms with E-state index in [-0.39, 0.29) is 50.2 Å². The van der Waals surface area contributed by atoms with Crippen LogP contribution < -0.4 is 0 Å². The van der Waals surface area contributed by atoms with E-state index in [9.17, 15) is 34.8 Å². The van der Waals surface area contributed by atoms with Gasteiger partial charge in [-0.1, -0.05) is 38.0 Å². The standard InChI is InChI=1S/C36H54O12/c1-18(2)12-24-15-27-20(4)29(45-24)17-36(43)32-31(39)19(3)10-11-34(32,41)21(5)26(47-36)9-8-25(37)28-13-23(14-30(38)44-7)16-35(42,48-28)22(6)33(40)46-27/h12,14,19-22,24-29,32,37,41-43H,8-11,13,15-17H2,1-7H3. The molecule has 5 aliphatic rings. The lowest BCUT2D eigenvalue weighted by Gasteiger charge is -2.58. The van der Waals surface area contributed by atoms with Crippen LogP contribution in [0.25, 0.3) is 0 Å². The van der Waals surface area contributed by atoms with Crippen molar-refractivity contribution in [2.45, 2.75) is 147 Å². The topological polar surface area (TPSA) is 178 Å². The minimum Gasteiger partial charge on any atom is -0.466 e. The first-order chi connectivity index (χ1) is 22.4. The summed E-state index contributed by atoms with van der Waals surface area (Å²) in [4.78, 5) is 39.8. The number of hydrogen-bond acceptors (Lipinski definition) is 12. The smallest absolute Gasteiger partial charge is 0.330 e. The highest BCUT2D eigenvalue weighted by atomic mass is 16.6. The third-order valence-electron chi connectivity index (χ3n) is 11.7. The highest BCUT2D eigenvalue weighted by molar-refractivity contribution is 5.86. The van der Waals surface area contributed by atoms with E-state index in [0.717, 1.165) is 5.57 Å². The lowest BCUT2D eigenvalue weighted by molar-refractivity contribution is -0.355. The number of ketones is 1. The van der Waals surface area contributed by atoms with Crippen LogP contribution >= 0.6 is 0 Å². The van der Waals surface area contributed by atoms with Gasteiger partial charge < -0.3 is 44.1 Å². The molecule has 14 atom stereocenters. The molecule has 4 aliphatic heterocycles. The van der Waals surface area contributed by atoms with Crippen molar-refractivity contribution in [1.82, 2.24) is 0 Å². The molecule has 48 heavy (non-hydrogen) atoms. The number of aliphatic hydroxyl groups excluding tert-OH is 1. The third-order valence-corrected chi connectivity index (χ3v) is 11.7. The lowest BCUT2D eigenvalue weighted by Crippen LogP contribution is -2.70. The summed E-state index contributed by atoms with van der Waals surface area (Å²) in [6.07, 6.45) is -0.695. The normalized spacial score (nSPS) is 47.8. The van der Waals surface area contributed by atoms with Gasteiger partial charge >= 0.3 is 11.9 Å². The van der Waals surface area contributed by atoms with Gasteiger partial charge in [0.25, 0.3) is 0 Å². The zero-order valence-corrected chi connectivity index (χ0v) is 29.2. The number of aliphatic hydroxyl groups is 4. The van der Waals surface area contributed by atoms with Crippen molar-refractivity contribution < 1.29 is 58.5 Å². The van der Waals surface area contributed by atoms with Crippen LogP contribution in [-0.2, 0) is 38.1 Å². The molecule has 1 saturated carbocycles. The van der Waals surface area contributed by atoms with Crippen molar-refractivity contribution in [2.75, 3.05) is 7.11 Å². The maximum Gasteiger partial charge on any atom is 0.330 e. The summed E-state index contributed by atoms with van der Waals surface area (Å²) in [7, 11) is 1.23.